The van der Waals surface area contributed by atoms with Gasteiger partial charge in [-0.05, 0) is 48.4 Å². The smallest absolute Gasteiger partial charge is 0.338 e. The topological polar surface area (TPSA) is 50.7 Å². The van der Waals surface area contributed by atoms with E-state index in [4.69, 9.17) is 4.74 Å². The van der Waals surface area contributed by atoms with Crippen LogP contribution >= 0.6 is 31.9 Å². The third-order valence-corrected chi connectivity index (χ3v) is 5.23. The first kappa shape index (κ1) is 20.3. The lowest BCUT2D eigenvalue weighted by Gasteiger charge is -2.07. The summed E-state index contributed by atoms with van der Waals surface area (Å²) in [4.78, 5) is 12.3. The molecular formula is C22H18Br2N2O2. The van der Waals surface area contributed by atoms with Gasteiger partial charge in [-0.1, -0.05) is 68.3 Å². The van der Waals surface area contributed by atoms with Crippen molar-refractivity contribution < 1.29 is 9.53 Å². The van der Waals surface area contributed by atoms with Gasteiger partial charge in [-0.3, -0.25) is 5.43 Å². The van der Waals surface area contributed by atoms with Crippen LogP contribution in [0.4, 0.5) is 5.69 Å². The average Bonchev–Trinajstić information content (AvgIpc) is 2.69. The highest BCUT2D eigenvalue weighted by molar-refractivity contribution is 9.11. The molecule has 0 spiro atoms. The second kappa shape index (κ2) is 9.66. The second-order valence-electron chi connectivity index (χ2n) is 6.15. The molecule has 0 amide bonds. The molecule has 1 N–H and O–H groups in total. The number of rotatable bonds is 6. The summed E-state index contributed by atoms with van der Waals surface area (Å²) < 4.78 is 7.26. The standard InChI is InChI=1S/C22H18Br2N2O2/c1-15-10-20(23)19(21(24)11-15)13-25-26-18-9-5-8-17(12-18)22(27)28-14-16-6-3-2-4-7-16/h2-13,26H,14H2,1H3. The molecule has 0 saturated heterocycles. The van der Waals surface area contributed by atoms with E-state index in [1.54, 1.807) is 24.4 Å². The summed E-state index contributed by atoms with van der Waals surface area (Å²) in [6.45, 7) is 2.27. The lowest BCUT2D eigenvalue weighted by Crippen LogP contribution is -2.05. The molecule has 0 aliphatic rings. The molecule has 28 heavy (non-hydrogen) atoms. The molecule has 0 saturated carbocycles. The van der Waals surface area contributed by atoms with Gasteiger partial charge in [-0.2, -0.15) is 5.10 Å². The summed E-state index contributed by atoms with van der Waals surface area (Å²) in [5, 5.41) is 4.27. The van der Waals surface area contributed by atoms with E-state index in [0.717, 1.165) is 25.6 Å². The lowest BCUT2D eigenvalue weighted by atomic mass is 10.2. The van der Waals surface area contributed by atoms with Gasteiger partial charge < -0.3 is 4.74 Å². The monoisotopic (exact) mass is 500 g/mol. The predicted molar refractivity (Wildman–Crippen MR) is 120 cm³/mol. The van der Waals surface area contributed by atoms with Crippen LogP contribution in [0, 0.1) is 6.92 Å². The summed E-state index contributed by atoms with van der Waals surface area (Å²) in [5.41, 5.74) is 7.14. The summed E-state index contributed by atoms with van der Waals surface area (Å²) in [6, 6.07) is 20.7. The Morgan fingerprint density at radius 3 is 2.46 bits per heavy atom. The molecule has 0 aromatic heterocycles. The van der Waals surface area contributed by atoms with Crippen LogP contribution in [0.1, 0.15) is 27.0 Å². The zero-order chi connectivity index (χ0) is 19.9. The number of nitrogens with zero attached hydrogens (tertiary/aromatic N) is 1. The normalized spacial score (nSPS) is 10.8. The quantitative estimate of drug-likeness (QED) is 0.244. The van der Waals surface area contributed by atoms with E-state index in [9.17, 15) is 4.79 Å². The fraction of sp³-hybridized carbons (Fsp3) is 0.0909. The van der Waals surface area contributed by atoms with Crippen molar-refractivity contribution in [1.82, 2.24) is 0 Å². The third-order valence-electron chi connectivity index (χ3n) is 3.92. The number of hydrogen-bond donors (Lipinski definition) is 1. The van der Waals surface area contributed by atoms with E-state index in [1.807, 2.05) is 55.5 Å². The Kier molecular flexibility index (Phi) is 7.01. The van der Waals surface area contributed by atoms with Crippen LogP contribution in [0.3, 0.4) is 0 Å². The molecule has 142 valence electrons. The Morgan fingerprint density at radius 1 is 1.04 bits per heavy atom. The minimum atomic E-state index is -0.375. The Balaban J connectivity index is 1.64. The van der Waals surface area contributed by atoms with Crippen molar-refractivity contribution in [2.24, 2.45) is 5.10 Å². The maximum atomic E-state index is 12.3. The molecule has 0 radical (unpaired) electrons. The fourth-order valence-corrected chi connectivity index (χ4v) is 4.15. The zero-order valence-corrected chi connectivity index (χ0v) is 18.3. The SMILES string of the molecule is Cc1cc(Br)c(C=NNc2cccc(C(=O)OCc3ccccc3)c2)c(Br)c1. The molecule has 0 unspecified atom stereocenters. The van der Waals surface area contributed by atoms with Gasteiger partial charge >= 0.3 is 5.97 Å². The van der Waals surface area contributed by atoms with Crippen LogP contribution in [0.2, 0.25) is 0 Å². The maximum Gasteiger partial charge on any atom is 0.338 e. The molecule has 3 aromatic carbocycles. The Bertz CT molecular complexity index is 981. The maximum absolute atomic E-state index is 12.3. The first-order chi connectivity index (χ1) is 13.5. The largest absolute Gasteiger partial charge is 0.457 e. The number of ether oxygens (including phenoxy) is 1. The van der Waals surface area contributed by atoms with Crippen molar-refractivity contribution >= 4 is 49.7 Å². The van der Waals surface area contributed by atoms with Gasteiger partial charge in [0.25, 0.3) is 0 Å². The van der Waals surface area contributed by atoms with Crippen LogP contribution in [-0.4, -0.2) is 12.2 Å². The number of nitrogens with one attached hydrogen (secondary N) is 1. The lowest BCUT2D eigenvalue weighted by molar-refractivity contribution is 0.0473. The van der Waals surface area contributed by atoms with E-state index in [0.29, 0.717) is 11.3 Å². The molecule has 0 heterocycles. The van der Waals surface area contributed by atoms with Crippen LogP contribution in [0.15, 0.2) is 80.8 Å². The highest BCUT2D eigenvalue weighted by Gasteiger charge is 2.08. The van der Waals surface area contributed by atoms with Gasteiger partial charge in [0.05, 0.1) is 17.5 Å². The van der Waals surface area contributed by atoms with Gasteiger partial charge in [0.1, 0.15) is 6.61 Å². The Labute approximate surface area is 180 Å². The minimum absolute atomic E-state index is 0.241. The average molecular weight is 502 g/mol. The van der Waals surface area contributed by atoms with Crippen molar-refractivity contribution in [3.05, 3.63) is 97.9 Å². The van der Waals surface area contributed by atoms with Crippen LogP contribution in [0.5, 0.6) is 0 Å². The molecule has 0 aliphatic carbocycles. The van der Waals surface area contributed by atoms with E-state index in [-0.39, 0.29) is 12.6 Å². The summed E-state index contributed by atoms with van der Waals surface area (Å²) in [6.07, 6.45) is 1.72. The van der Waals surface area contributed by atoms with E-state index >= 15 is 0 Å². The van der Waals surface area contributed by atoms with E-state index in [1.165, 1.54) is 0 Å². The molecule has 3 rings (SSSR count). The van der Waals surface area contributed by atoms with Crippen molar-refractivity contribution in [2.75, 3.05) is 5.43 Å². The summed E-state index contributed by atoms with van der Waals surface area (Å²) in [5.74, 6) is -0.375. The van der Waals surface area contributed by atoms with Crippen molar-refractivity contribution in [2.45, 2.75) is 13.5 Å². The number of aryl methyl sites for hydroxylation is 1. The number of carbonyl (C=O) groups is 1. The number of hydrazone groups is 1. The van der Waals surface area contributed by atoms with Gasteiger partial charge in [0.15, 0.2) is 0 Å². The second-order valence-corrected chi connectivity index (χ2v) is 7.86. The summed E-state index contributed by atoms with van der Waals surface area (Å²) in [7, 11) is 0. The Morgan fingerprint density at radius 2 is 1.75 bits per heavy atom. The van der Waals surface area contributed by atoms with Crippen molar-refractivity contribution in [1.29, 1.82) is 0 Å². The highest BCUT2D eigenvalue weighted by atomic mass is 79.9. The van der Waals surface area contributed by atoms with E-state index < -0.39 is 0 Å². The van der Waals surface area contributed by atoms with Gasteiger partial charge in [0, 0.05) is 14.5 Å². The minimum Gasteiger partial charge on any atom is -0.457 e. The first-order valence-electron chi connectivity index (χ1n) is 8.59. The molecule has 0 atom stereocenters. The number of carbonyl (C=O) groups excluding carboxylic acids is 1. The summed E-state index contributed by atoms with van der Waals surface area (Å²) >= 11 is 7.08. The van der Waals surface area contributed by atoms with Crippen molar-refractivity contribution in [3.8, 4) is 0 Å². The molecular weight excluding hydrogens is 484 g/mol. The Hall–Kier alpha value is -2.44. The molecule has 6 heteroatoms. The number of anilines is 1. The molecule has 3 aromatic rings. The highest BCUT2D eigenvalue weighted by Crippen LogP contribution is 2.25. The molecule has 0 fully saturated rings. The molecule has 0 bridgehead atoms. The zero-order valence-electron chi connectivity index (χ0n) is 15.2. The number of benzene rings is 3. The van der Waals surface area contributed by atoms with Crippen LogP contribution in [0.25, 0.3) is 0 Å². The van der Waals surface area contributed by atoms with Crippen molar-refractivity contribution in [3.63, 3.8) is 0 Å². The van der Waals surface area contributed by atoms with Gasteiger partial charge in [0.2, 0.25) is 0 Å². The van der Waals surface area contributed by atoms with Crippen LogP contribution in [-0.2, 0) is 11.3 Å². The third kappa shape index (κ3) is 5.53. The predicted octanol–water partition coefficient (Wildman–Crippen LogP) is 6.32. The molecule has 4 nitrogen and oxygen atoms in total. The number of esters is 1. The molecule has 0 aliphatic heterocycles. The number of halogens is 2. The fourth-order valence-electron chi connectivity index (χ4n) is 2.53. The van der Waals surface area contributed by atoms with Crippen LogP contribution < -0.4 is 5.43 Å². The number of hydrogen-bond acceptors (Lipinski definition) is 4. The van der Waals surface area contributed by atoms with E-state index in [2.05, 4.69) is 42.4 Å². The van der Waals surface area contributed by atoms with Gasteiger partial charge in [-0.25, -0.2) is 4.79 Å². The van der Waals surface area contributed by atoms with Gasteiger partial charge in [-0.15, -0.1) is 0 Å². The first-order valence-corrected chi connectivity index (χ1v) is 10.2.